The Bertz CT molecular complexity index is 2030. The molecule has 4 rings (SSSR count). The quantitative estimate of drug-likeness (QED) is 0.0533. The molecule has 58 heavy (non-hydrogen) atoms. The number of hydrogen-bond acceptors (Lipinski definition) is 10. The first kappa shape index (κ1) is 48.6. The topological polar surface area (TPSA) is 174 Å². The van der Waals surface area contributed by atoms with Gasteiger partial charge in [-0.2, -0.15) is 0 Å². The Kier molecular flexibility index (Phi) is 22.1. The highest BCUT2D eigenvalue weighted by Crippen LogP contribution is 2.37. The van der Waals surface area contributed by atoms with Gasteiger partial charge < -0.3 is 40.1 Å². The van der Waals surface area contributed by atoms with Crippen molar-refractivity contribution in [2.45, 2.75) is 27.7 Å². The number of carbonyl (C=O) groups is 2. The second-order valence-corrected chi connectivity index (χ2v) is 11.6. The van der Waals surface area contributed by atoms with E-state index in [0.29, 0.717) is 48.0 Å². The molecule has 10 heteroatoms. The van der Waals surface area contributed by atoms with E-state index >= 15 is 0 Å². The Morgan fingerprint density at radius 2 is 0.828 bits per heavy atom. The fourth-order valence-corrected chi connectivity index (χ4v) is 4.92. The van der Waals surface area contributed by atoms with Crippen molar-refractivity contribution in [3.63, 3.8) is 0 Å². The summed E-state index contributed by atoms with van der Waals surface area (Å²) in [7, 11) is 0. The van der Waals surface area contributed by atoms with Gasteiger partial charge in [-0.3, -0.25) is 9.59 Å². The van der Waals surface area contributed by atoms with Crippen LogP contribution in [-0.2, 0) is 0 Å². The number of allylic oxidation sites excluding steroid dienone is 4. The standard InChI is InChI=1S/C15H18O2.C14H16O2.C11H10O4.C8H8O2/c1-4-7-11-10-12(8-5-2)15(17)13(9-6-3)14(11)16;1-4-10-15-13-8-7-9-14(12(13)6-3)16-11-5-2;1-2-3-9-10(14)7(5-12)4-8(6-13)11(9)15;1-2-6-7(9)4-3-5-8(6)10/h4-10,16-17H,1-3H3;4-9H,1-3,10-11H2;2-6,14-15H,1H3;2-5,9-10H,1H2/b7-4+,8-5+,9-6+;;3-2+;. The third-order valence-corrected chi connectivity index (χ3v) is 7.56. The molecule has 4 aromatic rings. The first-order chi connectivity index (χ1) is 27.9. The first-order valence-electron chi connectivity index (χ1n) is 17.8. The highest BCUT2D eigenvalue weighted by molar-refractivity contribution is 5.91. The van der Waals surface area contributed by atoms with E-state index in [1.165, 1.54) is 24.3 Å². The van der Waals surface area contributed by atoms with Gasteiger partial charge >= 0.3 is 0 Å². The minimum absolute atomic E-state index is 0.0250. The Hall–Kier alpha value is -7.46. The third-order valence-electron chi connectivity index (χ3n) is 7.56. The molecular weight excluding hydrogens is 737 g/mol. The van der Waals surface area contributed by atoms with E-state index in [-0.39, 0.29) is 51.2 Å². The van der Waals surface area contributed by atoms with Crippen molar-refractivity contribution in [1.82, 2.24) is 0 Å². The minimum Gasteiger partial charge on any atom is -0.507 e. The molecule has 0 heterocycles. The Labute approximate surface area is 340 Å². The molecular formula is C48H52O10. The summed E-state index contributed by atoms with van der Waals surface area (Å²) < 4.78 is 11.0. The summed E-state index contributed by atoms with van der Waals surface area (Å²) in [5.41, 5.74) is 3.11. The lowest BCUT2D eigenvalue weighted by molar-refractivity contribution is 0.111. The Balaban J connectivity index is 0.000000392. The Morgan fingerprint density at radius 1 is 0.483 bits per heavy atom. The Morgan fingerprint density at radius 3 is 1.14 bits per heavy atom. The van der Waals surface area contributed by atoms with Gasteiger partial charge in [-0.25, -0.2) is 0 Å². The van der Waals surface area contributed by atoms with Gasteiger partial charge in [0.1, 0.15) is 59.2 Å². The maximum Gasteiger partial charge on any atom is 0.153 e. The molecule has 0 amide bonds. The molecule has 0 unspecified atom stereocenters. The lowest BCUT2D eigenvalue weighted by atomic mass is 10.0. The van der Waals surface area contributed by atoms with Gasteiger partial charge in [-0.05, 0) is 64.1 Å². The molecule has 0 aliphatic heterocycles. The van der Waals surface area contributed by atoms with Crippen molar-refractivity contribution in [3.8, 4) is 46.0 Å². The molecule has 10 nitrogen and oxygen atoms in total. The van der Waals surface area contributed by atoms with Gasteiger partial charge in [0, 0.05) is 11.1 Å². The second-order valence-electron chi connectivity index (χ2n) is 11.6. The van der Waals surface area contributed by atoms with E-state index in [2.05, 4.69) is 26.3 Å². The summed E-state index contributed by atoms with van der Waals surface area (Å²) >= 11 is 0. The number of carbonyl (C=O) groups excluding carboxylic acids is 2. The predicted octanol–water partition coefficient (Wildman–Crippen LogP) is 11.2. The van der Waals surface area contributed by atoms with Crippen molar-refractivity contribution in [3.05, 3.63) is 156 Å². The maximum atomic E-state index is 10.6. The van der Waals surface area contributed by atoms with Crippen LogP contribution >= 0.6 is 0 Å². The smallest absolute Gasteiger partial charge is 0.153 e. The molecule has 304 valence electrons. The summed E-state index contributed by atoms with van der Waals surface area (Å²) in [6, 6.07) is 13.1. The molecule has 0 spiro atoms. The van der Waals surface area contributed by atoms with Gasteiger partial charge in [-0.1, -0.05) is 111 Å². The maximum absolute atomic E-state index is 10.6. The predicted molar refractivity (Wildman–Crippen MR) is 237 cm³/mol. The molecule has 0 aromatic heterocycles. The van der Waals surface area contributed by atoms with E-state index in [1.807, 2.05) is 63.3 Å². The van der Waals surface area contributed by atoms with Gasteiger partial charge in [0.25, 0.3) is 0 Å². The van der Waals surface area contributed by atoms with Crippen LogP contribution in [0.4, 0.5) is 0 Å². The van der Waals surface area contributed by atoms with Gasteiger partial charge in [-0.15, -0.1) is 0 Å². The molecule has 0 aliphatic carbocycles. The van der Waals surface area contributed by atoms with Crippen LogP contribution in [0, 0.1) is 0 Å². The SMILES string of the molecule is C/C=C/c1c(O)c(C=O)cc(C=O)c1O.C/C=C/c1cc(/C=C/C)c(O)c(/C=C/C)c1O.C=CCOc1cccc(OCC=C)c1C=C.C=Cc1c(O)cccc1O. The largest absolute Gasteiger partial charge is 0.507 e. The summed E-state index contributed by atoms with van der Waals surface area (Å²) in [5.74, 6) is 1.15. The van der Waals surface area contributed by atoms with E-state index in [4.69, 9.17) is 19.7 Å². The number of aldehydes is 2. The molecule has 4 aromatic carbocycles. The van der Waals surface area contributed by atoms with Gasteiger partial charge in [0.15, 0.2) is 12.6 Å². The second kappa shape index (κ2) is 26.4. The van der Waals surface area contributed by atoms with Crippen LogP contribution in [-0.4, -0.2) is 56.4 Å². The van der Waals surface area contributed by atoms with E-state index in [0.717, 1.165) is 23.1 Å². The van der Waals surface area contributed by atoms with Crippen LogP contribution < -0.4 is 9.47 Å². The summed E-state index contributed by atoms with van der Waals surface area (Å²) in [6.45, 7) is 22.6. The van der Waals surface area contributed by atoms with Crippen LogP contribution in [0.3, 0.4) is 0 Å². The summed E-state index contributed by atoms with van der Waals surface area (Å²) in [6.07, 6.45) is 21.2. The van der Waals surface area contributed by atoms with Crippen LogP contribution in [0.25, 0.3) is 36.5 Å². The number of hydrogen-bond donors (Lipinski definition) is 6. The zero-order chi connectivity index (χ0) is 43.6. The number of benzene rings is 4. The van der Waals surface area contributed by atoms with Crippen LogP contribution in [0.1, 0.15) is 81.8 Å². The molecule has 0 radical (unpaired) electrons. The van der Waals surface area contributed by atoms with Crippen LogP contribution in [0.15, 0.2) is 111 Å². The van der Waals surface area contributed by atoms with Crippen LogP contribution in [0.2, 0.25) is 0 Å². The van der Waals surface area contributed by atoms with Gasteiger partial charge in [0.2, 0.25) is 0 Å². The molecule has 0 saturated carbocycles. The van der Waals surface area contributed by atoms with E-state index in [9.17, 15) is 30.0 Å². The molecule has 0 fully saturated rings. The number of ether oxygens (including phenoxy) is 2. The highest BCUT2D eigenvalue weighted by Gasteiger charge is 2.15. The number of phenolic OH excluding ortho intramolecular Hbond substituents is 6. The average molecular weight is 789 g/mol. The zero-order valence-electron chi connectivity index (χ0n) is 33.3. The highest BCUT2D eigenvalue weighted by atomic mass is 16.5. The number of rotatable bonds is 14. The third kappa shape index (κ3) is 14.0. The van der Waals surface area contributed by atoms with Gasteiger partial charge in [0.05, 0.1) is 33.4 Å². The fraction of sp³-hybridized carbons (Fsp3) is 0.125. The van der Waals surface area contributed by atoms with Crippen molar-refractivity contribution >= 4 is 49.0 Å². The monoisotopic (exact) mass is 788 g/mol. The summed E-state index contributed by atoms with van der Waals surface area (Å²) in [5, 5.41) is 57.3. The molecule has 0 aliphatic rings. The van der Waals surface area contributed by atoms with E-state index in [1.54, 1.807) is 55.5 Å². The first-order valence-corrected chi connectivity index (χ1v) is 17.8. The van der Waals surface area contributed by atoms with E-state index < -0.39 is 0 Å². The average Bonchev–Trinajstić information content (AvgIpc) is 3.22. The zero-order valence-corrected chi connectivity index (χ0v) is 33.3. The normalized spacial score (nSPS) is 10.4. The summed E-state index contributed by atoms with van der Waals surface area (Å²) in [4.78, 5) is 21.2. The van der Waals surface area contributed by atoms with Crippen molar-refractivity contribution < 1.29 is 49.7 Å². The lowest BCUT2D eigenvalue weighted by Gasteiger charge is -2.12. The number of phenols is 6. The van der Waals surface area contributed by atoms with Crippen LogP contribution in [0.5, 0.6) is 46.0 Å². The lowest BCUT2D eigenvalue weighted by Crippen LogP contribution is -1.99. The van der Waals surface area contributed by atoms with Crippen molar-refractivity contribution in [2.75, 3.05) is 13.2 Å². The molecule has 6 N–H and O–H groups in total. The molecule has 0 atom stereocenters. The van der Waals surface area contributed by atoms with Crippen molar-refractivity contribution in [2.24, 2.45) is 0 Å². The minimum atomic E-state index is -0.328. The number of aromatic hydroxyl groups is 6. The molecule has 0 saturated heterocycles. The van der Waals surface area contributed by atoms with Crippen molar-refractivity contribution in [1.29, 1.82) is 0 Å². The fourth-order valence-electron chi connectivity index (χ4n) is 4.92. The molecule has 0 bridgehead atoms.